The predicted octanol–water partition coefficient (Wildman–Crippen LogP) is 1.76. The lowest BCUT2D eigenvalue weighted by atomic mass is 10.1. The van der Waals surface area contributed by atoms with Crippen LogP contribution < -0.4 is 5.32 Å². The third-order valence-electron chi connectivity index (χ3n) is 3.12. The van der Waals surface area contributed by atoms with E-state index in [1.807, 2.05) is 25.2 Å². The number of likely N-dealkylation sites (N-methyl/N-ethyl adjacent to an activating group) is 1. The molecule has 1 fully saturated rings. The Morgan fingerprint density at radius 2 is 2.29 bits per heavy atom. The highest BCUT2D eigenvalue weighted by Crippen LogP contribution is 2.19. The highest BCUT2D eigenvalue weighted by atomic mass is 35.5. The molecule has 1 aliphatic rings. The first-order valence-corrected chi connectivity index (χ1v) is 6.39. The Morgan fingerprint density at radius 3 is 3.06 bits per heavy atom. The van der Waals surface area contributed by atoms with Crippen LogP contribution in [-0.2, 0) is 11.3 Å². The number of nitrogens with one attached hydrogen (secondary N) is 1. The minimum atomic E-state index is 0.435. The zero-order valence-corrected chi connectivity index (χ0v) is 10.9. The van der Waals surface area contributed by atoms with Crippen LogP contribution in [0.2, 0.25) is 5.02 Å². The van der Waals surface area contributed by atoms with Crippen molar-refractivity contribution in [2.75, 3.05) is 33.4 Å². The smallest absolute Gasteiger partial charge is 0.0635 e. The molecule has 0 amide bonds. The quantitative estimate of drug-likeness (QED) is 0.886. The van der Waals surface area contributed by atoms with Gasteiger partial charge < -0.3 is 10.1 Å². The lowest BCUT2D eigenvalue weighted by Gasteiger charge is -2.35. The van der Waals surface area contributed by atoms with E-state index in [4.69, 9.17) is 16.3 Å². The standard InChI is InChI=1S/C13H19ClN2O/c1-15-8-12-10-17-7-6-16(12)9-11-4-2-3-5-13(11)14/h2-5,12,15H,6-10H2,1H3. The fourth-order valence-corrected chi connectivity index (χ4v) is 2.36. The number of benzene rings is 1. The summed E-state index contributed by atoms with van der Waals surface area (Å²) in [6, 6.07) is 8.48. The maximum atomic E-state index is 6.19. The molecule has 1 saturated heterocycles. The Labute approximate surface area is 108 Å². The molecule has 0 aliphatic carbocycles. The van der Waals surface area contributed by atoms with Crippen molar-refractivity contribution >= 4 is 11.6 Å². The van der Waals surface area contributed by atoms with Crippen molar-refractivity contribution in [3.8, 4) is 0 Å². The molecule has 0 spiro atoms. The number of rotatable bonds is 4. The summed E-state index contributed by atoms with van der Waals surface area (Å²) in [6.07, 6.45) is 0. The fourth-order valence-electron chi connectivity index (χ4n) is 2.17. The molecule has 1 aliphatic heterocycles. The van der Waals surface area contributed by atoms with Crippen molar-refractivity contribution in [3.05, 3.63) is 34.9 Å². The maximum Gasteiger partial charge on any atom is 0.0635 e. The largest absolute Gasteiger partial charge is 0.378 e. The van der Waals surface area contributed by atoms with Crippen molar-refractivity contribution in [1.82, 2.24) is 10.2 Å². The Balaban J connectivity index is 2.03. The maximum absolute atomic E-state index is 6.19. The fraction of sp³-hybridized carbons (Fsp3) is 0.538. The molecule has 0 aromatic heterocycles. The van der Waals surface area contributed by atoms with Gasteiger partial charge in [0, 0.05) is 30.7 Å². The van der Waals surface area contributed by atoms with Gasteiger partial charge in [0.2, 0.25) is 0 Å². The van der Waals surface area contributed by atoms with E-state index in [9.17, 15) is 0 Å². The number of nitrogens with zero attached hydrogens (tertiary/aromatic N) is 1. The summed E-state index contributed by atoms with van der Waals surface area (Å²) in [5.41, 5.74) is 1.19. The molecule has 1 aromatic carbocycles. The summed E-state index contributed by atoms with van der Waals surface area (Å²) >= 11 is 6.19. The second-order valence-corrected chi connectivity index (χ2v) is 4.76. The van der Waals surface area contributed by atoms with Crippen LogP contribution in [0.15, 0.2) is 24.3 Å². The molecule has 0 radical (unpaired) electrons. The van der Waals surface area contributed by atoms with Crippen LogP contribution in [0.1, 0.15) is 5.56 Å². The second kappa shape index (κ2) is 6.36. The van der Waals surface area contributed by atoms with Crippen molar-refractivity contribution in [3.63, 3.8) is 0 Å². The highest BCUT2D eigenvalue weighted by molar-refractivity contribution is 6.31. The van der Waals surface area contributed by atoms with Crippen LogP contribution >= 0.6 is 11.6 Å². The summed E-state index contributed by atoms with van der Waals surface area (Å²) in [5.74, 6) is 0. The highest BCUT2D eigenvalue weighted by Gasteiger charge is 2.22. The van der Waals surface area contributed by atoms with E-state index < -0.39 is 0 Å². The summed E-state index contributed by atoms with van der Waals surface area (Å²) in [4.78, 5) is 2.43. The van der Waals surface area contributed by atoms with E-state index in [0.29, 0.717) is 6.04 Å². The molecular weight excluding hydrogens is 236 g/mol. The van der Waals surface area contributed by atoms with Gasteiger partial charge in [-0.05, 0) is 18.7 Å². The monoisotopic (exact) mass is 254 g/mol. The molecule has 0 bridgehead atoms. The Morgan fingerprint density at radius 1 is 1.47 bits per heavy atom. The first-order valence-electron chi connectivity index (χ1n) is 6.01. The Kier molecular flexibility index (Phi) is 4.80. The van der Waals surface area contributed by atoms with E-state index >= 15 is 0 Å². The molecule has 4 heteroatoms. The van der Waals surface area contributed by atoms with Gasteiger partial charge in [-0.2, -0.15) is 0 Å². The lowest BCUT2D eigenvalue weighted by molar-refractivity contribution is -0.0103. The van der Waals surface area contributed by atoms with Gasteiger partial charge in [0.05, 0.1) is 13.2 Å². The molecule has 2 rings (SSSR count). The van der Waals surface area contributed by atoms with Crippen LogP contribution in [0.4, 0.5) is 0 Å². The first kappa shape index (κ1) is 12.8. The molecule has 1 unspecified atom stereocenters. The van der Waals surface area contributed by atoms with Crippen molar-refractivity contribution < 1.29 is 4.74 Å². The van der Waals surface area contributed by atoms with Crippen LogP contribution in [0.5, 0.6) is 0 Å². The number of morpholine rings is 1. The van der Waals surface area contributed by atoms with Gasteiger partial charge in [0.15, 0.2) is 0 Å². The second-order valence-electron chi connectivity index (χ2n) is 4.35. The molecule has 0 saturated carbocycles. The number of halogens is 1. The Hall–Kier alpha value is -0.610. The zero-order valence-electron chi connectivity index (χ0n) is 10.2. The minimum absolute atomic E-state index is 0.435. The average Bonchev–Trinajstić information content (AvgIpc) is 2.35. The molecule has 1 atom stereocenters. The number of ether oxygens (including phenoxy) is 1. The third-order valence-corrected chi connectivity index (χ3v) is 3.49. The Bertz CT molecular complexity index is 357. The summed E-state index contributed by atoms with van der Waals surface area (Å²) in [6.45, 7) is 4.42. The minimum Gasteiger partial charge on any atom is -0.378 e. The van der Waals surface area contributed by atoms with Crippen molar-refractivity contribution in [1.29, 1.82) is 0 Å². The molecule has 17 heavy (non-hydrogen) atoms. The van der Waals surface area contributed by atoms with Gasteiger partial charge in [-0.15, -0.1) is 0 Å². The van der Waals surface area contributed by atoms with Crippen LogP contribution in [0.25, 0.3) is 0 Å². The van der Waals surface area contributed by atoms with E-state index in [1.165, 1.54) is 5.56 Å². The molecular formula is C13H19ClN2O. The SMILES string of the molecule is CNCC1COCCN1Cc1ccccc1Cl. The number of hydrogen-bond acceptors (Lipinski definition) is 3. The van der Waals surface area contributed by atoms with Crippen LogP contribution in [-0.4, -0.2) is 44.3 Å². The molecule has 94 valence electrons. The topological polar surface area (TPSA) is 24.5 Å². The lowest BCUT2D eigenvalue weighted by Crippen LogP contribution is -2.49. The predicted molar refractivity (Wildman–Crippen MR) is 70.4 cm³/mol. The summed E-state index contributed by atoms with van der Waals surface area (Å²) < 4.78 is 5.52. The van der Waals surface area contributed by atoms with Crippen LogP contribution in [0, 0.1) is 0 Å². The summed E-state index contributed by atoms with van der Waals surface area (Å²) in [5, 5.41) is 4.06. The number of hydrogen-bond donors (Lipinski definition) is 1. The third kappa shape index (κ3) is 3.42. The van der Waals surface area contributed by atoms with Gasteiger partial charge in [-0.3, -0.25) is 4.90 Å². The van der Waals surface area contributed by atoms with E-state index in [1.54, 1.807) is 0 Å². The average molecular weight is 255 g/mol. The zero-order chi connectivity index (χ0) is 12.1. The van der Waals surface area contributed by atoms with E-state index in [0.717, 1.165) is 37.9 Å². The van der Waals surface area contributed by atoms with E-state index in [-0.39, 0.29) is 0 Å². The normalized spacial score (nSPS) is 21.6. The van der Waals surface area contributed by atoms with Crippen LogP contribution in [0.3, 0.4) is 0 Å². The van der Waals surface area contributed by atoms with Gasteiger partial charge in [0.25, 0.3) is 0 Å². The van der Waals surface area contributed by atoms with Gasteiger partial charge in [0.1, 0.15) is 0 Å². The van der Waals surface area contributed by atoms with Gasteiger partial charge >= 0.3 is 0 Å². The molecule has 3 nitrogen and oxygen atoms in total. The van der Waals surface area contributed by atoms with Crippen molar-refractivity contribution in [2.24, 2.45) is 0 Å². The van der Waals surface area contributed by atoms with Gasteiger partial charge in [-0.25, -0.2) is 0 Å². The van der Waals surface area contributed by atoms with Crippen molar-refractivity contribution in [2.45, 2.75) is 12.6 Å². The molecule has 1 N–H and O–H groups in total. The molecule has 1 aromatic rings. The van der Waals surface area contributed by atoms with E-state index in [2.05, 4.69) is 16.3 Å². The van der Waals surface area contributed by atoms with Gasteiger partial charge in [-0.1, -0.05) is 29.8 Å². The first-order chi connectivity index (χ1) is 8.31. The summed E-state index contributed by atoms with van der Waals surface area (Å²) in [7, 11) is 1.97. The molecule has 1 heterocycles.